The van der Waals surface area contributed by atoms with E-state index in [2.05, 4.69) is 46.4 Å². The first-order chi connectivity index (χ1) is 10.1. The summed E-state index contributed by atoms with van der Waals surface area (Å²) in [5, 5.41) is 0. The van der Waals surface area contributed by atoms with Crippen LogP contribution in [0.25, 0.3) is 0 Å². The van der Waals surface area contributed by atoms with Crippen molar-refractivity contribution in [3.63, 3.8) is 0 Å². The first kappa shape index (κ1) is 20.2. The number of unbranched alkanes of at least 4 members (excludes halogenated alkanes) is 2. The summed E-state index contributed by atoms with van der Waals surface area (Å²) in [6.45, 7) is 13.0. The van der Waals surface area contributed by atoms with Crippen molar-refractivity contribution in [2.75, 3.05) is 0 Å². The van der Waals surface area contributed by atoms with Crippen molar-refractivity contribution >= 4 is 0 Å². The van der Waals surface area contributed by atoms with E-state index in [1.807, 2.05) is 6.08 Å². The molecule has 0 bridgehead atoms. The summed E-state index contributed by atoms with van der Waals surface area (Å²) in [6.07, 6.45) is 19.6. The molecular weight excluding hydrogens is 252 g/mol. The lowest BCUT2D eigenvalue weighted by atomic mass is 9.92. The van der Waals surface area contributed by atoms with Crippen LogP contribution in [0.4, 0.5) is 0 Å². The van der Waals surface area contributed by atoms with E-state index in [4.69, 9.17) is 0 Å². The lowest BCUT2D eigenvalue weighted by molar-refractivity contribution is 0.483. The van der Waals surface area contributed by atoms with Crippen molar-refractivity contribution in [2.45, 2.75) is 91.9 Å². The largest absolute Gasteiger partial charge is 0.103 e. The fourth-order valence-corrected chi connectivity index (χ4v) is 2.85. The molecule has 0 saturated carbocycles. The molecular formula is C21H38. The molecule has 0 aromatic heterocycles. The summed E-state index contributed by atoms with van der Waals surface area (Å²) in [5.74, 6) is 0.853. The molecule has 0 aliphatic heterocycles. The number of allylic oxidation sites excluding steroid dienone is 5. The van der Waals surface area contributed by atoms with Crippen LogP contribution in [0.2, 0.25) is 0 Å². The lowest BCUT2D eigenvalue weighted by Crippen LogP contribution is -1.98. The minimum absolute atomic E-state index is 0.853. The molecule has 1 atom stereocenters. The molecule has 0 aromatic rings. The third-order valence-electron chi connectivity index (χ3n) is 4.11. The molecule has 0 radical (unpaired) electrons. The van der Waals surface area contributed by atoms with Gasteiger partial charge < -0.3 is 0 Å². The Hall–Kier alpha value is -0.780. The van der Waals surface area contributed by atoms with E-state index in [-0.39, 0.29) is 0 Å². The molecule has 0 heteroatoms. The van der Waals surface area contributed by atoms with Gasteiger partial charge in [0.2, 0.25) is 0 Å². The van der Waals surface area contributed by atoms with Gasteiger partial charge in [-0.15, -0.1) is 6.58 Å². The molecule has 0 N–H and O–H groups in total. The average Bonchev–Trinajstić information content (AvgIpc) is 2.45. The summed E-state index contributed by atoms with van der Waals surface area (Å²) < 4.78 is 0. The highest BCUT2D eigenvalue weighted by Gasteiger charge is 2.06. The van der Waals surface area contributed by atoms with Crippen molar-refractivity contribution in [3.05, 3.63) is 36.0 Å². The van der Waals surface area contributed by atoms with E-state index in [0.717, 1.165) is 12.3 Å². The molecule has 122 valence electrons. The van der Waals surface area contributed by atoms with Gasteiger partial charge in [-0.25, -0.2) is 0 Å². The van der Waals surface area contributed by atoms with Crippen LogP contribution in [0.1, 0.15) is 91.9 Å². The highest BCUT2D eigenvalue weighted by atomic mass is 14.1. The smallest absolute Gasteiger partial charge is 0.0169 e. The Bertz CT molecular complexity index is 306. The molecule has 0 fully saturated rings. The highest BCUT2D eigenvalue weighted by Crippen LogP contribution is 2.23. The van der Waals surface area contributed by atoms with Crippen LogP contribution in [0.3, 0.4) is 0 Å². The highest BCUT2D eigenvalue weighted by molar-refractivity contribution is 5.05. The second-order valence-corrected chi connectivity index (χ2v) is 6.50. The topological polar surface area (TPSA) is 0 Å². The third-order valence-corrected chi connectivity index (χ3v) is 4.11. The van der Waals surface area contributed by atoms with Gasteiger partial charge in [0.1, 0.15) is 0 Å². The molecule has 0 aromatic carbocycles. The van der Waals surface area contributed by atoms with Gasteiger partial charge in [0.05, 0.1) is 0 Å². The third kappa shape index (κ3) is 12.7. The zero-order chi connectivity index (χ0) is 15.9. The molecule has 0 nitrogen and oxygen atoms in total. The van der Waals surface area contributed by atoms with Crippen molar-refractivity contribution in [1.29, 1.82) is 0 Å². The van der Waals surface area contributed by atoms with Crippen LogP contribution in [0.5, 0.6) is 0 Å². The Kier molecular flexibility index (Phi) is 13.6. The van der Waals surface area contributed by atoms with Gasteiger partial charge in [0.15, 0.2) is 0 Å². The maximum atomic E-state index is 3.78. The SMILES string of the molecule is C=CCC=C(C)CCCC(=CCC)CC(C)CCCCC. The van der Waals surface area contributed by atoms with Gasteiger partial charge in [-0.2, -0.15) is 0 Å². The fourth-order valence-electron chi connectivity index (χ4n) is 2.85. The molecule has 0 aliphatic carbocycles. The van der Waals surface area contributed by atoms with Crippen LogP contribution in [0.15, 0.2) is 36.0 Å². The number of hydrogen-bond acceptors (Lipinski definition) is 0. The van der Waals surface area contributed by atoms with Gasteiger partial charge in [0, 0.05) is 0 Å². The van der Waals surface area contributed by atoms with Crippen molar-refractivity contribution in [1.82, 2.24) is 0 Å². The van der Waals surface area contributed by atoms with Crippen LogP contribution in [-0.2, 0) is 0 Å². The van der Waals surface area contributed by atoms with E-state index >= 15 is 0 Å². The molecule has 1 unspecified atom stereocenters. The van der Waals surface area contributed by atoms with Crippen LogP contribution >= 0.6 is 0 Å². The second-order valence-electron chi connectivity index (χ2n) is 6.50. The van der Waals surface area contributed by atoms with Crippen LogP contribution in [0, 0.1) is 5.92 Å². The van der Waals surface area contributed by atoms with Gasteiger partial charge >= 0.3 is 0 Å². The minimum atomic E-state index is 0.853. The molecule has 0 saturated heterocycles. The standard InChI is InChI=1S/C21H38/c1-6-9-11-15-20(5)18-21(13-8-3)17-12-16-19(4)14-10-7-2/h7,13-14,20H,2,6,8-12,15-18H2,1,3-5H3. The zero-order valence-corrected chi connectivity index (χ0v) is 15.1. The first-order valence-electron chi connectivity index (χ1n) is 9.08. The van der Waals surface area contributed by atoms with Crippen LogP contribution < -0.4 is 0 Å². The Balaban J connectivity index is 4.07. The lowest BCUT2D eigenvalue weighted by Gasteiger charge is -2.14. The Morgan fingerprint density at radius 1 is 1.05 bits per heavy atom. The van der Waals surface area contributed by atoms with E-state index in [1.54, 1.807) is 5.57 Å². The maximum absolute atomic E-state index is 3.78. The number of rotatable bonds is 13. The minimum Gasteiger partial charge on any atom is -0.103 e. The summed E-state index contributed by atoms with van der Waals surface area (Å²) in [7, 11) is 0. The fraction of sp³-hybridized carbons (Fsp3) is 0.714. The van der Waals surface area contributed by atoms with Gasteiger partial charge in [-0.05, 0) is 51.4 Å². The van der Waals surface area contributed by atoms with Crippen molar-refractivity contribution < 1.29 is 0 Å². The molecule has 0 spiro atoms. The van der Waals surface area contributed by atoms with Crippen LogP contribution in [-0.4, -0.2) is 0 Å². The summed E-state index contributed by atoms with van der Waals surface area (Å²) in [4.78, 5) is 0. The summed E-state index contributed by atoms with van der Waals surface area (Å²) in [6, 6.07) is 0. The van der Waals surface area contributed by atoms with Gasteiger partial charge in [-0.3, -0.25) is 0 Å². The molecule has 0 aliphatic rings. The predicted molar refractivity (Wildman–Crippen MR) is 98.7 cm³/mol. The van der Waals surface area contributed by atoms with Crippen molar-refractivity contribution in [2.24, 2.45) is 5.92 Å². The quantitative estimate of drug-likeness (QED) is 0.242. The molecule has 0 amide bonds. The molecule has 21 heavy (non-hydrogen) atoms. The van der Waals surface area contributed by atoms with E-state index in [1.165, 1.54) is 63.4 Å². The zero-order valence-electron chi connectivity index (χ0n) is 15.1. The summed E-state index contributed by atoms with van der Waals surface area (Å²) >= 11 is 0. The Morgan fingerprint density at radius 3 is 2.43 bits per heavy atom. The monoisotopic (exact) mass is 290 g/mol. The maximum Gasteiger partial charge on any atom is -0.0169 e. The predicted octanol–water partition coefficient (Wildman–Crippen LogP) is 7.62. The second kappa shape index (κ2) is 14.2. The normalized spacial score (nSPS) is 14.3. The van der Waals surface area contributed by atoms with Crippen molar-refractivity contribution in [3.8, 4) is 0 Å². The summed E-state index contributed by atoms with van der Waals surface area (Å²) in [5.41, 5.74) is 3.21. The van der Waals surface area contributed by atoms with E-state index in [0.29, 0.717) is 0 Å². The van der Waals surface area contributed by atoms with Gasteiger partial charge in [0.25, 0.3) is 0 Å². The Morgan fingerprint density at radius 2 is 1.81 bits per heavy atom. The average molecular weight is 291 g/mol. The first-order valence-corrected chi connectivity index (χ1v) is 9.08. The van der Waals surface area contributed by atoms with E-state index < -0.39 is 0 Å². The van der Waals surface area contributed by atoms with E-state index in [9.17, 15) is 0 Å². The number of hydrogen-bond donors (Lipinski definition) is 0. The Labute approximate surface area is 134 Å². The molecule has 0 heterocycles. The molecule has 0 rings (SSSR count). The van der Waals surface area contributed by atoms with Gasteiger partial charge in [-0.1, -0.05) is 75.8 Å².